The molecule has 9 heteroatoms. The molecule has 0 atom stereocenters. The van der Waals surface area contributed by atoms with Gasteiger partial charge >= 0.3 is 0 Å². The summed E-state index contributed by atoms with van der Waals surface area (Å²) < 4.78 is 30.5. The third-order valence-electron chi connectivity index (χ3n) is 7.46. The number of benzene rings is 2. The highest BCUT2D eigenvalue weighted by atomic mass is 19.1. The van der Waals surface area contributed by atoms with E-state index in [1.54, 1.807) is 14.2 Å². The van der Waals surface area contributed by atoms with E-state index in [-0.39, 0.29) is 11.9 Å². The molecule has 5 rings (SSSR count). The van der Waals surface area contributed by atoms with Crippen LogP contribution in [0.5, 0.6) is 17.2 Å². The molecule has 2 aromatic carbocycles. The van der Waals surface area contributed by atoms with E-state index < -0.39 is 0 Å². The predicted octanol–water partition coefficient (Wildman–Crippen LogP) is 5.25. The second-order valence-electron chi connectivity index (χ2n) is 10.0. The number of hydrogen-bond acceptors (Lipinski definition) is 8. The van der Waals surface area contributed by atoms with Crippen LogP contribution >= 0.6 is 0 Å². The number of hydrogen-bond donors (Lipinski definition) is 1. The summed E-state index contributed by atoms with van der Waals surface area (Å²) in [6, 6.07) is 9.37. The van der Waals surface area contributed by atoms with E-state index in [0.717, 1.165) is 67.8 Å². The first kappa shape index (κ1) is 26.3. The van der Waals surface area contributed by atoms with Gasteiger partial charge in [0.25, 0.3) is 0 Å². The maximum atomic E-state index is 13.9. The molecule has 3 aromatic rings. The van der Waals surface area contributed by atoms with Crippen molar-refractivity contribution >= 4 is 22.7 Å². The molecule has 3 heterocycles. The summed E-state index contributed by atoms with van der Waals surface area (Å²) >= 11 is 0. The summed E-state index contributed by atoms with van der Waals surface area (Å²) in [5.41, 5.74) is 1.91. The first-order chi connectivity index (χ1) is 18.6. The van der Waals surface area contributed by atoms with Gasteiger partial charge in [0.15, 0.2) is 23.1 Å². The molecule has 2 aliphatic heterocycles. The lowest BCUT2D eigenvalue weighted by molar-refractivity contribution is 0.210. The van der Waals surface area contributed by atoms with Crippen molar-refractivity contribution in [3.05, 3.63) is 41.7 Å². The number of nitrogens with one attached hydrogen (secondary N) is 1. The minimum absolute atomic E-state index is 0.283. The Morgan fingerprint density at radius 2 is 1.66 bits per heavy atom. The van der Waals surface area contributed by atoms with Gasteiger partial charge in [-0.25, -0.2) is 9.37 Å². The Kier molecular flexibility index (Phi) is 8.32. The van der Waals surface area contributed by atoms with Gasteiger partial charge in [-0.2, -0.15) is 4.98 Å². The number of ether oxygens (including phenoxy) is 3. The number of piperidine rings is 2. The van der Waals surface area contributed by atoms with Crippen molar-refractivity contribution in [1.82, 2.24) is 14.9 Å². The van der Waals surface area contributed by atoms with Crippen LogP contribution in [0.2, 0.25) is 0 Å². The Hall–Kier alpha value is -3.33. The average molecular weight is 524 g/mol. The first-order valence-corrected chi connectivity index (χ1v) is 13.7. The standard InChI is InChI=1S/C29H38FN5O3/c1-4-38-25-16-20(8-9-23(25)30)19-34-14-10-21(11-15-34)31-29-32-24-18-27(37-3)26(36-2)17-22(24)28(33-29)35-12-6-5-7-13-35/h8-9,16-18,21H,4-7,10-15,19H2,1-3H3,(H,31,32,33). The Morgan fingerprint density at radius 1 is 0.921 bits per heavy atom. The predicted molar refractivity (Wildman–Crippen MR) is 148 cm³/mol. The van der Waals surface area contributed by atoms with Crippen molar-refractivity contribution in [2.24, 2.45) is 0 Å². The number of rotatable bonds is 9. The number of nitrogens with zero attached hydrogens (tertiary/aromatic N) is 4. The third kappa shape index (κ3) is 5.88. The fourth-order valence-electron chi connectivity index (χ4n) is 5.44. The Labute approximate surface area is 224 Å². The van der Waals surface area contributed by atoms with Crippen molar-refractivity contribution in [2.45, 2.75) is 51.6 Å². The number of aromatic nitrogens is 2. The van der Waals surface area contributed by atoms with E-state index in [4.69, 9.17) is 24.2 Å². The quantitative estimate of drug-likeness (QED) is 0.408. The summed E-state index contributed by atoms with van der Waals surface area (Å²) in [4.78, 5) is 14.7. The molecule has 38 heavy (non-hydrogen) atoms. The molecule has 1 aromatic heterocycles. The van der Waals surface area contributed by atoms with Gasteiger partial charge in [0.1, 0.15) is 5.82 Å². The highest BCUT2D eigenvalue weighted by Gasteiger charge is 2.23. The summed E-state index contributed by atoms with van der Waals surface area (Å²) in [5.74, 6) is 2.98. The first-order valence-electron chi connectivity index (χ1n) is 13.7. The van der Waals surface area contributed by atoms with Crippen LogP contribution < -0.4 is 24.4 Å². The van der Waals surface area contributed by atoms with Gasteiger partial charge in [-0.05, 0) is 62.8 Å². The van der Waals surface area contributed by atoms with Crippen LogP contribution in [-0.2, 0) is 6.54 Å². The van der Waals surface area contributed by atoms with E-state index >= 15 is 0 Å². The molecule has 2 aliphatic rings. The third-order valence-corrected chi connectivity index (χ3v) is 7.46. The van der Waals surface area contributed by atoms with Crippen LogP contribution in [0.15, 0.2) is 30.3 Å². The highest BCUT2D eigenvalue weighted by molar-refractivity contribution is 5.93. The van der Waals surface area contributed by atoms with Gasteiger partial charge in [-0.3, -0.25) is 4.90 Å². The van der Waals surface area contributed by atoms with Gasteiger partial charge in [0.05, 0.1) is 26.3 Å². The molecule has 0 unspecified atom stereocenters. The van der Waals surface area contributed by atoms with Crippen LogP contribution in [0.25, 0.3) is 10.9 Å². The van der Waals surface area contributed by atoms with Gasteiger partial charge in [-0.1, -0.05) is 6.07 Å². The molecule has 0 spiro atoms. The number of fused-ring (bicyclic) bond motifs is 1. The van der Waals surface area contributed by atoms with Crippen LogP contribution in [-0.4, -0.2) is 67.9 Å². The van der Waals surface area contributed by atoms with E-state index in [9.17, 15) is 4.39 Å². The lowest BCUT2D eigenvalue weighted by atomic mass is 10.0. The minimum atomic E-state index is -0.311. The largest absolute Gasteiger partial charge is 0.493 e. The molecular formula is C29H38FN5O3. The van der Waals surface area contributed by atoms with E-state index in [0.29, 0.717) is 29.8 Å². The summed E-state index contributed by atoms with van der Waals surface area (Å²) in [5, 5.41) is 4.60. The molecule has 204 valence electrons. The van der Waals surface area contributed by atoms with Crippen molar-refractivity contribution in [3.8, 4) is 17.2 Å². The molecular weight excluding hydrogens is 485 g/mol. The van der Waals surface area contributed by atoms with Crippen LogP contribution in [0, 0.1) is 5.82 Å². The number of anilines is 2. The van der Waals surface area contributed by atoms with Crippen molar-refractivity contribution in [2.75, 3.05) is 57.2 Å². The molecule has 1 N–H and O–H groups in total. The number of halogens is 1. The SMILES string of the molecule is CCOc1cc(CN2CCC(Nc3nc(N4CCCCC4)c4cc(OC)c(OC)cc4n3)CC2)ccc1F. The fourth-order valence-corrected chi connectivity index (χ4v) is 5.44. The molecule has 0 amide bonds. The van der Waals surface area contributed by atoms with Crippen LogP contribution in [0.1, 0.15) is 44.6 Å². The molecule has 0 bridgehead atoms. The number of methoxy groups -OCH3 is 2. The lowest BCUT2D eigenvalue weighted by Crippen LogP contribution is -2.39. The molecule has 0 aliphatic carbocycles. The normalized spacial score (nSPS) is 17.0. The maximum absolute atomic E-state index is 13.9. The summed E-state index contributed by atoms with van der Waals surface area (Å²) in [6.07, 6.45) is 5.54. The van der Waals surface area contributed by atoms with E-state index in [1.165, 1.54) is 25.3 Å². The highest BCUT2D eigenvalue weighted by Crippen LogP contribution is 2.36. The van der Waals surface area contributed by atoms with E-state index in [2.05, 4.69) is 15.1 Å². The monoisotopic (exact) mass is 523 g/mol. The Bertz CT molecular complexity index is 1240. The zero-order valence-electron chi connectivity index (χ0n) is 22.6. The smallest absolute Gasteiger partial charge is 0.225 e. The van der Waals surface area contributed by atoms with Gasteiger partial charge in [0.2, 0.25) is 5.95 Å². The zero-order valence-corrected chi connectivity index (χ0v) is 22.6. The fraction of sp³-hybridized carbons (Fsp3) is 0.517. The van der Waals surface area contributed by atoms with Crippen molar-refractivity contribution < 1.29 is 18.6 Å². The topological polar surface area (TPSA) is 72.0 Å². The van der Waals surface area contributed by atoms with Crippen molar-refractivity contribution in [1.29, 1.82) is 0 Å². The average Bonchev–Trinajstić information content (AvgIpc) is 2.95. The van der Waals surface area contributed by atoms with Crippen LogP contribution in [0.4, 0.5) is 16.2 Å². The minimum Gasteiger partial charge on any atom is -0.493 e. The number of likely N-dealkylation sites (tertiary alicyclic amines) is 1. The Morgan fingerprint density at radius 3 is 2.37 bits per heavy atom. The lowest BCUT2D eigenvalue weighted by Gasteiger charge is -2.33. The van der Waals surface area contributed by atoms with Gasteiger partial charge < -0.3 is 24.4 Å². The molecule has 8 nitrogen and oxygen atoms in total. The summed E-state index contributed by atoms with van der Waals surface area (Å²) in [6.45, 7) is 6.97. The molecule has 2 fully saturated rings. The van der Waals surface area contributed by atoms with Gasteiger partial charge in [0, 0.05) is 50.2 Å². The maximum Gasteiger partial charge on any atom is 0.225 e. The molecule has 2 saturated heterocycles. The second-order valence-corrected chi connectivity index (χ2v) is 10.0. The Balaban J connectivity index is 1.30. The second kappa shape index (κ2) is 12.0. The summed E-state index contributed by atoms with van der Waals surface area (Å²) in [7, 11) is 3.30. The van der Waals surface area contributed by atoms with Crippen molar-refractivity contribution in [3.63, 3.8) is 0 Å². The zero-order chi connectivity index (χ0) is 26.5. The molecule has 0 radical (unpaired) electrons. The van der Waals surface area contributed by atoms with E-state index in [1.807, 2.05) is 31.2 Å². The van der Waals surface area contributed by atoms with Gasteiger partial charge in [-0.15, -0.1) is 0 Å². The van der Waals surface area contributed by atoms with Crippen LogP contribution in [0.3, 0.4) is 0 Å². The molecule has 0 saturated carbocycles.